The molecule has 92 valence electrons. The molecule has 1 amide bonds. The third-order valence-corrected chi connectivity index (χ3v) is 3.95. The van der Waals surface area contributed by atoms with E-state index in [1.54, 1.807) is 0 Å². The number of piperidine rings is 1. The first-order chi connectivity index (χ1) is 7.66. The molecule has 2 aliphatic heterocycles. The summed E-state index contributed by atoms with van der Waals surface area (Å²) in [6.45, 7) is 5.95. The second kappa shape index (κ2) is 5.15. The Morgan fingerprint density at radius 2 is 2.06 bits per heavy atom. The van der Waals surface area contributed by atoms with Crippen molar-refractivity contribution in [1.82, 2.24) is 15.1 Å². The topological polar surface area (TPSA) is 35.6 Å². The normalized spacial score (nSPS) is 29.0. The van der Waals surface area contributed by atoms with E-state index in [-0.39, 0.29) is 12.1 Å². The van der Waals surface area contributed by atoms with Crippen LogP contribution in [0.2, 0.25) is 0 Å². The molecule has 0 aromatic rings. The summed E-state index contributed by atoms with van der Waals surface area (Å²) in [5.41, 5.74) is 0. The zero-order chi connectivity index (χ0) is 11.5. The Labute approximate surface area is 98.0 Å². The minimum atomic E-state index is 0.235. The first-order valence-electron chi connectivity index (χ1n) is 6.38. The number of hydrogen-bond acceptors (Lipinski definition) is 3. The Kier molecular flexibility index (Phi) is 3.82. The lowest BCUT2D eigenvalue weighted by molar-refractivity contribution is -0.127. The summed E-state index contributed by atoms with van der Waals surface area (Å²) in [5, 5.41) is 3.18. The van der Waals surface area contributed by atoms with Gasteiger partial charge in [0.05, 0.1) is 12.7 Å². The number of nitrogens with zero attached hydrogens (tertiary/aromatic N) is 2. The highest BCUT2D eigenvalue weighted by Gasteiger charge is 2.27. The molecule has 0 saturated carbocycles. The third kappa shape index (κ3) is 2.74. The fourth-order valence-corrected chi connectivity index (χ4v) is 2.65. The fraction of sp³-hybridized carbons (Fsp3) is 0.917. The van der Waals surface area contributed by atoms with Gasteiger partial charge in [-0.15, -0.1) is 0 Å². The van der Waals surface area contributed by atoms with Gasteiger partial charge in [0.2, 0.25) is 5.91 Å². The second-order valence-electron chi connectivity index (χ2n) is 5.18. The molecule has 2 saturated heterocycles. The average Bonchev–Trinajstić information content (AvgIpc) is 2.59. The van der Waals surface area contributed by atoms with Crippen molar-refractivity contribution in [3.05, 3.63) is 0 Å². The Morgan fingerprint density at radius 1 is 1.38 bits per heavy atom. The molecule has 4 nitrogen and oxygen atoms in total. The van der Waals surface area contributed by atoms with Crippen LogP contribution in [0.3, 0.4) is 0 Å². The molecule has 4 heteroatoms. The van der Waals surface area contributed by atoms with E-state index >= 15 is 0 Å². The van der Waals surface area contributed by atoms with E-state index in [9.17, 15) is 4.79 Å². The van der Waals surface area contributed by atoms with Gasteiger partial charge in [0, 0.05) is 6.54 Å². The summed E-state index contributed by atoms with van der Waals surface area (Å²) in [6.07, 6.45) is 3.99. The van der Waals surface area contributed by atoms with Gasteiger partial charge < -0.3 is 9.80 Å². The zero-order valence-electron chi connectivity index (χ0n) is 10.4. The van der Waals surface area contributed by atoms with Crippen LogP contribution in [0.1, 0.15) is 26.2 Å². The summed E-state index contributed by atoms with van der Waals surface area (Å²) >= 11 is 0. The maximum absolute atomic E-state index is 11.6. The lowest BCUT2D eigenvalue weighted by Crippen LogP contribution is -2.37. The van der Waals surface area contributed by atoms with Gasteiger partial charge in [-0.1, -0.05) is 0 Å². The molecule has 1 unspecified atom stereocenters. The van der Waals surface area contributed by atoms with Crippen LogP contribution in [0.5, 0.6) is 0 Å². The van der Waals surface area contributed by atoms with Crippen molar-refractivity contribution in [2.24, 2.45) is 5.92 Å². The SMILES string of the molecule is CC1NCC(=O)N1CCC1CCN(C)CC1. The van der Waals surface area contributed by atoms with E-state index in [1.807, 2.05) is 4.90 Å². The Balaban J connectivity index is 1.72. The molecule has 0 aromatic carbocycles. The number of rotatable bonds is 3. The molecular formula is C12H23N3O. The Hall–Kier alpha value is -0.610. The van der Waals surface area contributed by atoms with E-state index in [2.05, 4.69) is 24.2 Å². The van der Waals surface area contributed by atoms with Crippen molar-refractivity contribution in [2.75, 3.05) is 33.2 Å². The van der Waals surface area contributed by atoms with Crippen molar-refractivity contribution in [3.8, 4) is 0 Å². The summed E-state index contributed by atoms with van der Waals surface area (Å²) in [6, 6.07) is 0. The van der Waals surface area contributed by atoms with Crippen molar-refractivity contribution >= 4 is 5.91 Å². The summed E-state index contributed by atoms with van der Waals surface area (Å²) < 4.78 is 0. The van der Waals surface area contributed by atoms with Crippen LogP contribution in [0.4, 0.5) is 0 Å². The van der Waals surface area contributed by atoms with Crippen LogP contribution >= 0.6 is 0 Å². The fourth-order valence-electron chi connectivity index (χ4n) is 2.65. The van der Waals surface area contributed by atoms with E-state index < -0.39 is 0 Å². The highest BCUT2D eigenvalue weighted by Crippen LogP contribution is 2.20. The van der Waals surface area contributed by atoms with Crippen LogP contribution in [0.25, 0.3) is 0 Å². The Morgan fingerprint density at radius 3 is 2.62 bits per heavy atom. The number of likely N-dealkylation sites (tertiary alicyclic amines) is 1. The molecule has 0 radical (unpaired) electrons. The monoisotopic (exact) mass is 225 g/mol. The molecule has 2 aliphatic rings. The molecular weight excluding hydrogens is 202 g/mol. The Bertz CT molecular complexity index is 249. The average molecular weight is 225 g/mol. The number of carbonyl (C=O) groups excluding carboxylic acids is 1. The first kappa shape index (κ1) is 11.9. The second-order valence-corrected chi connectivity index (χ2v) is 5.18. The quantitative estimate of drug-likeness (QED) is 0.759. The predicted molar refractivity (Wildman–Crippen MR) is 64.0 cm³/mol. The molecule has 0 spiro atoms. The van der Waals surface area contributed by atoms with Gasteiger partial charge in [-0.05, 0) is 52.2 Å². The number of nitrogens with one attached hydrogen (secondary N) is 1. The van der Waals surface area contributed by atoms with E-state index in [1.165, 1.54) is 32.4 Å². The maximum Gasteiger partial charge on any atom is 0.237 e. The zero-order valence-corrected chi connectivity index (χ0v) is 10.4. The summed E-state index contributed by atoms with van der Waals surface area (Å²) in [4.78, 5) is 15.9. The van der Waals surface area contributed by atoms with Crippen molar-refractivity contribution < 1.29 is 4.79 Å². The van der Waals surface area contributed by atoms with E-state index in [0.717, 1.165) is 12.5 Å². The molecule has 0 aliphatic carbocycles. The minimum absolute atomic E-state index is 0.235. The molecule has 1 N–H and O–H groups in total. The largest absolute Gasteiger partial charge is 0.326 e. The van der Waals surface area contributed by atoms with Crippen molar-refractivity contribution in [2.45, 2.75) is 32.4 Å². The summed E-state index contributed by atoms with van der Waals surface area (Å²) in [7, 11) is 2.19. The van der Waals surface area contributed by atoms with Crippen molar-refractivity contribution in [1.29, 1.82) is 0 Å². The van der Waals surface area contributed by atoms with Gasteiger partial charge in [0.15, 0.2) is 0 Å². The number of carbonyl (C=O) groups is 1. The highest BCUT2D eigenvalue weighted by atomic mass is 16.2. The summed E-state index contributed by atoms with van der Waals surface area (Å²) in [5.74, 6) is 1.08. The molecule has 1 atom stereocenters. The lowest BCUT2D eigenvalue weighted by atomic mass is 9.93. The molecule has 2 rings (SSSR count). The van der Waals surface area contributed by atoms with Gasteiger partial charge in [0.1, 0.15) is 0 Å². The van der Waals surface area contributed by atoms with E-state index in [0.29, 0.717) is 6.54 Å². The number of amides is 1. The predicted octanol–water partition coefficient (Wildman–Crippen LogP) is 0.496. The molecule has 2 fully saturated rings. The van der Waals surface area contributed by atoms with Gasteiger partial charge in [0.25, 0.3) is 0 Å². The van der Waals surface area contributed by atoms with Gasteiger partial charge in [-0.25, -0.2) is 0 Å². The van der Waals surface area contributed by atoms with Crippen LogP contribution < -0.4 is 5.32 Å². The van der Waals surface area contributed by atoms with Crippen LogP contribution in [0.15, 0.2) is 0 Å². The first-order valence-corrected chi connectivity index (χ1v) is 6.38. The van der Waals surface area contributed by atoms with Gasteiger partial charge in [-0.3, -0.25) is 10.1 Å². The van der Waals surface area contributed by atoms with Gasteiger partial charge in [-0.2, -0.15) is 0 Å². The van der Waals surface area contributed by atoms with Crippen LogP contribution in [0, 0.1) is 5.92 Å². The molecule has 0 bridgehead atoms. The van der Waals surface area contributed by atoms with Crippen molar-refractivity contribution in [3.63, 3.8) is 0 Å². The van der Waals surface area contributed by atoms with Gasteiger partial charge >= 0.3 is 0 Å². The smallest absolute Gasteiger partial charge is 0.237 e. The highest BCUT2D eigenvalue weighted by molar-refractivity contribution is 5.80. The minimum Gasteiger partial charge on any atom is -0.326 e. The van der Waals surface area contributed by atoms with Crippen LogP contribution in [-0.4, -0.2) is 55.1 Å². The maximum atomic E-state index is 11.6. The lowest BCUT2D eigenvalue weighted by Gasteiger charge is -2.30. The van der Waals surface area contributed by atoms with E-state index in [4.69, 9.17) is 0 Å². The van der Waals surface area contributed by atoms with Crippen LogP contribution in [-0.2, 0) is 4.79 Å². The number of hydrogen-bond donors (Lipinski definition) is 1. The molecule has 2 heterocycles. The standard InChI is InChI=1S/C12H23N3O/c1-10-13-9-12(16)15(10)8-5-11-3-6-14(2)7-4-11/h10-11,13H,3-9H2,1-2H3. The molecule has 0 aromatic heterocycles. The molecule has 16 heavy (non-hydrogen) atoms. The third-order valence-electron chi connectivity index (χ3n) is 3.95.